The Balaban J connectivity index is 3.80. The van der Waals surface area contributed by atoms with Gasteiger partial charge in [-0.25, -0.2) is 0 Å². The summed E-state index contributed by atoms with van der Waals surface area (Å²) in [4.78, 5) is 3.73. The zero-order valence-electron chi connectivity index (χ0n) is 7.80. The second-order valence-electron chi connectivity index (χ2n) is 2.05. The van der Waals surface area contributed by atoms with Crippen LogP contribution in [0.25, 0.3) is 0 Å². The van der Waals surface area contributed by atoms with Crippen LogP contribution in [0.1, 0.15) is 0 Å². The van der Waals surface area contributed by atoms with Gasteiger partial charge in [0.2, 0.25) is 0 Å². The van der Waals surface area contributed by atoms with E-state index >= 15 is 0 Å². The van der Waals surface area contributed by atoms with E-state index in [9.17, 15) is 0 Å². The van der Waals surface area contributed by atoms with Gasteiger partial charge in [-0.15, -0.1) is 0 Å². The van der Waals surface area contributed by atoms with Crippen LogP contribution in [0.4, 0.5) is 0 Å². The molecule has 0 saturated carbocycles. The first-order valence-corrected chi connectivity index (χ1v) is 4.02. The number of hydrogen-bond donors (Lipinski definition) is 0. The van der Waals surface area contributed by atoms with Crippen molar-refractivity contribution in [2.24, 2.45) is 4.90 Å². The van der Waals surface area contributed by atoms with Crippen molar-refractivity contribution in [3.8, 4) is 11.9 Å². The third-order valence-corrected chi connectivity index (χ3v) is 1.02. The first kappa shape index (κ1) is 14.1. The molecular formula is C2B11N. The fourth-order valence-corrected chi connectivity index (χ4v) is 0.501. The molecule has 0 aliphatic rings. The molecule has 0 aromatic carbocycles. The number of nitrogens with zero attached hydrogens (tertiary/aromatic N) is 1. The Labute approximate surface area is 93.1 Å². The van der Waals surface area contributed by atoms with Gasteiger partial charge < -0.3 is 0 Å². The number of hydrogen-bond acceptors (Lipinski definition) is 1. The predicted molar refractivity (Wildman–Crippen MR) is 73.5 cm³/mol. The van der Waals surface area contributed by atoms with E-state index in [1.165, 1.54) is 20.3 Å². The zero-order valence-corrected chi connectivity index (χ0v) is 7.80. The van der Waals surface area contributed by atoms with Crippen molar-refractivity contribution in [2.75, 3.05) is 0 Å². The molecule has 4 radical (unpaired) electrons. The first-order chi connectivity index (χ1) is 6.91. The van der Waals surface area contributed by atoms with Crippen molar-refractivity contribution in [1.29, 1.82) is 0 Å². The summed E-state index contributed by atoms with van der Waals surface area (Å²) in [6.07, 6.45) is 0. The van der Waals surface area contributed by atoms with Gasteiger partial charge in [-0.1, -0.05) is 0 Å². The molecule has 0 fully saturated rings. The minimum atomic E-state index is 1.39. The molecule has 0 unspecified atom stereocenters. The van der Waals surface area contributed by atoms with E-state index in [2.05, 4.69) is 16.8 Å². The summed E-state index contributed by atoms with van der Waals surface area (Å²) in [7, 11) is 10.2. The second kappa shape index (κ2) is 13.1. The molecule has 14 heavy (non-hydrogen) atoms. The third kappa shape index (κ3) is 12.1. The Kier molecular flexibility index (Phi) is 13.1. The molecule has 0 amide bonds. The van der Waals surface area contributed by atoms with Crippen LogP contribution in [0, 0.1) is 11.9 Å². The Morgan fingerprint density at radius 3 is 2.29 bits per heavy atom. The second-order valence-corrected chi connectivity index (χ2v) is 2.05. The van der Waals surface area contributed by atoms with Gasteiger partial charge in [0.15, 0.2) is 0 Å². The van der Waals surface area contributed by atoms with Crippen LogP contribution in [-0.2, 0) is 0 Å². The summed E-state index contributed by atoms with van der Waals surface area (Å²) in [5.74, 6) is 2.71. The third-order valence-electron chi connectivity index (χ3n) is 1.02. The summed E-state index contributed by atoms with van der Waals surface area (Å²) in [6, 6.07) is 2.56. The quantitative estimate of drug-likeness (QED) is 0.292. The summed E-state index contributed by atoms with van der Waals surface area (Å²) >= 11 is 0. The van der Waals surface area contributed by atoms with E-state index in [1.807, 2.05) is 6.69 Å². The van der Waals surface area contributed by atoms with Gasteiger partial charge in [-0.05, 0) is 0 Å². The SMILES string of the molecule is [B]B=BB=BB=BC#CN=BB=B[B]. The molecule has 0 bridgehead atoms. The maximum atomic E-state index is 5.12. The molecule has 0 N–H and O–H groups in total. The molecule has 12 heteroatoms. The predicted octanol–water partition coefficient (Wildman–Crippen LogP) is -4.00. The summed E-state index contributed by atoms with van der Waals surface area (Å²) in [6.45, 7) is 14.8. The number of rotatable bonds is 3. The van der Waals surface area contributed by atoms with Crippen LogP contribution >= 0.6 is 0 Å². The Bertz CT molecular complexity index is 325. The van der Waals surface area contributed by atoms with Crippen LogP contribution < -0.4 is 0 Å². The molecule has 0 heterocycles. The monoisotopic (exact) mass is 159 g/mol. The Morgan fingerprint density at radius 2 is 1.57 bits per heavy atom. The molecule has 46 valence electrons. The van der Waals surface area contributed by atoms with Gasteiger partial charge in [0.05, 0.1) is 0 Å². The average molecular weight is 157 g/mol. The van der Waals surface area contributed by atoms with E-state index in [0.717, 1.165) is 0 Å². The molecule has 0 saturated heterocycles. The van der Waals surface area contributed by atoms with Crippen LogP contribution in [0.15, 0.2) is 4.90 Å². The van der Waals surface area contributed by atoms with E-state index < -0.39 is 0 Å². The Morgan fingerprint density at radius 1 is 0.857 bits per heavy atom. The minimum absolute atomic E-state index is 1.39. The van der Waals surface area contributed by atoms with Crippen molar-refractivity contribution in [2.45, 2.75) is 0 Å². The van der Waals surface area contributed by atoms with Crippen LogP contribution in [0.2, 0.25) is 0 Å². The fraction of sp³-hybridized carbons (Fsp3) is 0. The molecule has 0 aromatic heterocycles. The fourth-order valence-electron chi connectivity index (χ4n) is 0.501. The molecule has 0 atom stereocenters. The van der Waals surface area contributed by atoms with Crippen LogP contribution in [0.3, 0.4) is 0 Å². The van der Waals surface area contributed by atoms with Crippen molar-refractivity contribution >= 4 is 76.1 Å². The van der Waals surface area contributed by atoms with Crippen LogP contribution in [0.5, 0.6) is 0 Å². The van der Waals surface area contributed by atoms with Gasteiger partial charge in [0.25, 0.3) is 0 Å². The molecule has 0 aliphatic heterocycles. The van der Waals surface area contributed by atoms with Crippen molar-refractivity contribution in [3.05, 3.63) is 0 Å². The first-order valence-electron chi connectivity index (χ1n) is 4.02. The molecular weight excluding hydrogens is 157 g/mol. The normalized spacial score (nSPS) is 7.14. The summed E-state index contributed by atoms with van der Waals surface area (Å²) in [5, 5.41) is 0. The molecule has 0 aliphatic carbocycles. The van der Waals surface area contributed by atoms with Gasteiger partial charge in [-0.2, -0.15) is 0 Å². The van der Waals surface area contributed by atoms with E-state index in [1.54, 1.807) is 33.6 Å². The van der Waals surface area contributed by atoms with Crippen LogP contribution in [-0.4, -0.2) is 76.1 Å². The average Bonchev–Trinajstić information content (AvgIpc) is 2.21. The van der Waals surface area contributed by atoms with E-state index in [0.29, 0.717) is 0 Å². The molecule has 0 spiro atoms. The van der Waals surface area contributed by atoms with E-state index in [-0.39, 0.29) is 0 Å². The van der Waals surface area contributed by atoms with E-state index in [4.69, 9.17) is 15.5 Å². The molecule has 1 nitrogen and oxygen atoms in total. The van der Waals surface area contributed by atoms with Crippen molar-refractivity contribution in [1.82, 2.24) is 0 Å². The Hall–Kier alpha value is 0.0743. The standard InChI is InChI=1S/C2B11N/c3-6-9-12-11-8-5-1-2-14-13-10-7-4. The summed E-state index contributed by atoms with van der Waals surface area (Å²) < 4.78 is 0. The van der Waals surface area contributed by atoms with Crippen molar-refractivity contribution < 1.29 is 0 Å². The summed E-state index contributed by atoms with van der Waals surface area (Å²) in [5.41, 5.74) is 0. The van der Waals surface area contributed by atoms with Gasteiger partial charge in [-0.3, -0.25) is 0 Å². The molecule has 0 aromatic rings. The topological polar surface area (TPSA) is 12.4 Å². The van der Waals surface area contributed by atoms with Gasteiger partial charge in [0.1, 0.15) is 0 Å². The van der Waals surface area contributed by atoms with Gasteiger partial charge >= 0.3 is 92.8 Å². The van der Waals surface area contributed by atoms with Gasteiger partial charge in [0, 0.05) is 0 Å². The molecule has 0 rings (SSSR count). The maximum absolute atomic E-state index is 5.12. The van der Waals surface area contributed by atoms with Crippen molar-refractivity contribution in [3.63, 3.8) is 0 Å². The zero-order chi connectivity index (χ0) is 10.5.